The minimum atomic E-state index is -0.198. The first kappa shape index (κ1) is 23.8. The van der Waals surface area contributed by atoms with Gasteiger partial charge in [0.2, 0.25) is 11.8 Å². The molecule has 1 saturated heterocycles. The van der Waals surface area contributed by atoms with Crippen molar-refractivity contribution in [2.75, 3.05) is 33.3 Å². The molecule has 0 bridgehead atoms. The van der Waals surface area contributed by atoms with E-state index in [1.807, 2.05) is 18.2 Å². The van der Waals surface area contributed by atoms with Gasteiger partial charge in [0.15, 0.2) is 11.7 Å². The summed E-state index contributed by atoms with van der Waals surface area (Å²) in [5.74, 6) is 0.338. The van der Waals surface area contributed by atoms with Gasteiger partial charge in [-0.05, 0) is 31.9 Å². The minimum Gasteiger partial charge on any atom is -0.466 e. The molecule has 2 heterocycles. The number of hydrogen-bond donors (Lipinski definition) is 0. The molecule has 2 amide bonds. The number of amides is 2. The number of ether oxygens (including phenoxy) is 1. The fourth-order valence-electron chi connectivity index (χ4n) is 3.63. The molecule has 0 saturated carbocycles. The van der Waals surface area contributed by atoms with Crippen LogP contribution in [0.4, 0.5) is 0 Å². The van der Waals surface area contributed by atoms with Crippen LogP contribution in [-0.4, -0.2) is 65.9 Å². The number of aryl methyl sites for hydroxylation is 1. The molecule has 3 rings (SSSR count). The molecule has 32 heavy (non-hydrogen) atoms. The highest BCUT2D eigenvalue weighted by Crippen LogP contribution is 2.28. The summed E-state index contributed by atoms with van der Waals surface area (Å²) in [6.07, 6.45) is 3.26. The highest BCUT2D eigenvalue weighted by Gasteiger charge is 2.29. The zero-order chi connectivity index (χ0) is 23.1. The van der Waals surface area contributed by atoms with Gasteiger partial charge >= 0.3 is 5.97 Å². The van der Waals surface area contributed by atoms with Gasteiger partial charge in [-0.25, -0.2) is 4.98 Å². The largest absolute Gasteiger partial charge is 0.466 e. The number of halogens is 1. The van der Waals surface area contributed by atoms with E-state index in [0.717, 1.165) is 5.56 Å². The number of nitrogens with zero attached hydrogens (tertiary/aromatic N) is 3. The summed E-state index contributed by atoms with van der Waals surface area (Å²) >= 11 is 6.18. The summed E-state index contributed by atoms with van der Waals surface area (Å²) in [5, 5.41) is 0.566. The monoisotopic (exact) mass is 461 g/mol. The van der Waals surface area contributed by atoms with Crippen molar-refractivity contribution in [1.82, 2.24) is 14.8 Å². The van der Waals surface area contributed by atoms with Gasteiger partial charge in [0, 0.05) is 38.5 Å². The Labute approximate surface area is 192 Å². The summed E-state index contributed by atoms with van der Waals surface area (Å²) in [6, 6.07) is 7.31. The first-order valence-electron chi connectivity index (χ1n) is 10.8. The van der Waals surface area contributed by atoms with Gasteiger partial charge in [-0.2, -0.15) is 0 Å². The molecule has 9 heteroatoms. The Bertz CT molecular complexity index is 953. The molecule has 0 unspecified atom stereocenters. The van der Waals surface area contributed by atoms with Gasteiger partial charge < -0.3 is 19.0 Å². The first-order chi connectivity index (χ1) is 15.4. The van der Waals surface area contributed by atoms with Gasteiger partial charge in [-0.3, -0.25) is 14.4 Å². The maximum atomic E-state index is 12.6. The topological polar surface area (TPSA) is 93.0 Å². The molecule has 0 atom stereocenters. The molecule has 1 aromatic heterocycles. The Morgan fingerprint density at radius 3 is 2.66 bits per heavy atom. The van der Waals surface area contributed by atoms with Crippen LogP contribution >= 0.6 is 11.6 Å². The van der Waals surface area contributed by atoms with Gasteiger partial charge in [0.1, 0.15) is 0 Å². The molecule has 0 N–H and O–H groups in total. The highest BCUT2D eigenvalue weighted by atomic mass is 35.5. The number of benzene rings is 1. The fraction of sp³-hybridized carbons (Fsp3) is 0.478. The number of oxazole rings is 1. The Hall–Kier alpha value is -2.87. The molecule has 0 radical (unpaired) electrons. The molecule has 8 nitrogen and oxygen atoms in total. The number of aromatic nitrogens is 1. The van der Waals surface area contributed by atoms with Crippen molar-refractivity contribution < 1.29 is 23.5 Å². The van der Waals surface area contributed by atoms with Crippen LogP contribution in [-0.2, 0) is 25.5 Å². The molecular weight excluding hydrogens is 434 g/mol. The SMILES string of the molecule is CCOC(=O)C1CCN(C(=O)CN(C)C(=O)CCc2ncc(-c3ccccc3Cl)o2)CC1. The Kier molecular flexibility index (Phi) is 8.27. The third kappa shape index (κ3) is 6.09. The lowest BCUT2D eigenvalue weighted by molar-refractivity contribution is -0.151. The summed E-state index contributed by atoms with van der Waals surface area (Å²) in [4.78, 5) is 44.2. The lowest BCUT2D eigenvalue weighted by atomic mass is 9.97. The number of likely N-dealkylation sites (tertiary alicyclic amines) is 1. The molecule has 1 aliphatic rings. The molecule has 1 aromatic carbocycles. The van der Waals surface area contributed by atoms with E-state index in [-0.39, 0.29) is 36.7 Å². The maximum absolute atomic E-state index is 12.6. The number of piperidine rings is 1. The van der Waals surface area contributed by atoms with Gasteiger partial charge in [0.25, 0.3) is 0 Å². The van der Waals surface area contributed by atoms with Crippen molar-refractivity contribution in [2.24, 2.45) is 5.92 Å². The highest BCUT2D eigenvalue weighted by molar-refractivity contribution is 6.33. The molecule has 1 aliphatic heterocycles. The minimum absolute atomic E-state index is 0.000632. The number of esters is 1. The Balaban J connectivity index is 1.44. The van der Waals surface area contributed by atoms with Crippen molar-refractivity contribution >= 4 is 29.4 Å². The Morgan fingerprint density at radius 2 is 1.97 bits per heavy atom. The van der Waals surface area contributed by atoms with Crippen LogP contribution in [0.1, 0.15) is 32.1 Å². The van der Waals surface area contributed by atoms with Gasteiger partial charge in [-0.1, -0.05) is 23.7 Å². The van der Waals surface area contributed by atoms with E-state index in [9.17, 15) is 14.4 Å². The lowest BCUT2D eigenvalue weighted by Gasteiger charge is -2.32. The van der Waals surface area contributed by atoms with Crippen molar-refractivity contribution in [3.63, 3.8) is 0 Å². The van der Waals surface area contributed by atoms with Crippen LogP contribution < -0.4 is 0 Å². The second-order valence-corrected chi connectivity index (χ2v) is 8.16. The number of rotatable bonds is 8. The quantitative estimate of drug-likeness (QED) is 0.560. The summed E-state index contributed by atoms with van der Waals surface area (Å²) in [5.41, 5.74) is 0.744. The second kappa shape index (κ2) is 11.1. The number of likely N-dealkylation sites (N-methyl/N-ethyl adjacent to an activating group) is 1. The van der Waals surface area contributed by atoms with Gasteiger partial charge in [0.05, 0.1) is 30.3 Å². The van der Waals surface area contributed by atoms with Crippen molar-refractivity contribution in [3.05, 3.63) is 41.4 Å². The second-order valence-electron chi connectivity index (χ2n) is 7.76. The van der Waals surface area contributed by atoms with Crippen molar-refractivity contribution in [2.45, 2.75) is 32.6 Å². The van der Waals surface area contributed by atoms with Gasteiger partial charge in [-0.15, -0.1) is 0 Å². The van der Waals surface area contributed by atoms with Crippen molar-refractivity contribution in [1.29, 1.82) is 0 Å². The summed E-state index contributed by atoms with van der Waals surface area (Å²) < 4.78 is 10.8. The number of carbonyl (C=O) groups excluding carboxylic acids is 3. The normalized spacial score (nSPS) is 14.3. The maximum Gasteiger partial charge on any atom is 0.309 e. The molecule has 1 fully saturated rings. The average Bonchev–Trinajstić information content (AvgIpc) is 3.26. The summed E-state index contributed by atoms with van der Waals surface area (Å²) in [7, 11) is 1.61. The first-order valence-corrected chi connectivity index (χ1v) is 11.1. The van der Waals surface area contributed by atoms with Crippen molar-refractivity contribution in [3.8, 4) is 11.3 Å². The smallest absolute Gasteiger partial charge is 0.309 e. The zero-order valence-corrected chi connectivity index (χ0v) is 19.1. The predicted molar refractivity (Wildman–Crippen MR) is 119 cm³/mol. The van der Waals surface area contributed by atoms with Crippen LogP contribution in [0.25, 0.3) is 11.3 Å². The van der Waals surface area contributed by atoms with Crippen LogP contribution in [0.2, 0.25) is 5.02 Å². The van der Waals surface area contributed by atoms with E-state index in [2.05, 4.69) is 4.98 Å². The van der Waals surface area contributed by atoms with Crippen LogP contribution in [0.15, 0.2) is 34.9 Å². The van der Waals surface area contributed by atoms with E-state index in [1.165, 1.54) is 4.90 Å². The Morgan fingerprint density at radius 1 is 1.25 bits per heavy atom. The molecular formula is C23H28ClN3O5. The predicted octanol–water partition coefficient (Wildman–Crippen LogP) is 3.19. The number of hydrogen-bond acceptors (Lipinski definition) is 6. The van der Waals surface area contributed by atoms with Crippen LogP contribution in [0, 0.1) is 5.92 Å². The fourth-order valence-corrected chi connectivity index (χ4v) is 3.86. The van der Waals surface area contributed by atoms with E-state index >= 15 is 0 Å². The molecule has 2 aromatic rings. The number of carbonyl (C=O) groups is 3. The van der Waals surface area contributed by atoms with Crippen LogP contribution in [0.3, 0.4) is 0 Å². The molecule has 0 spiro atoms. The third-order valence-electron chi connectivity index (χ3n) is 5.51. The standard InChI is InChI=1S/C23H28ClN3O5/c1-3-31-23(30)16-10-12-27(13-11-16)22(29)15-26(2)21(28)9-8-20-25-14-19(32-20)17-6-4-5-7-18(17)24/h4-7,14,16H,3,8-13,15H2,1-2H3. The molecule has 172 valence electrons. The summed E-state index contributed by atoms with van der Waals surface area (Å²) in [6.45, 7) is 3.12. The molecule has 0 aliphatic carbocycles. The van der Waals surface area contributed by atoms with E-state index in [0.29, 0.717) is 55.6 Å². The lowest BCUT2D eigenvalue weighted by Crippen LogP contribution is -2.45. The average molecular weight is 462 g/mol. The zero-order valence-electron chi connectivity index (χ0n) is 18.4. The van der Waals surface area contributed by atoms with E-state index < -0.39 is 0 Å². The van der Waals surface area contributed by atoms with Crippen LogP contribution in [0.5, 0.6) is 0 Å². The van der Waals surface area contributed by atoms with E-state index in [4.69, 9.17) is 20.8 Å². The third-order valence-corrected chi connectivity index (χ3v) is 5.84. The van der Waals surface area contributed by atoms with E-state index in [1.54, 1.807) is 31.1 Å².